The molecule has 0 saturated heterocycles. The monoisotopic (exact) mass is 279 g/mol. The second kappa shape index (κ2) is 5.94. The Hall–Kier alpha value is -2.39. The zero-order chi connectivity index (χ0) is 14.7. The lowest BCUT2D eigenvalue weighted by Crippen LogP contribution is -2.04. The third kappa shape index (κ3) is 3.03. The van der Waals surface area contributed by atoms with Crippen LogP contribution in [0.4, 0.5) is 0 Å². The average molecular weight is 279 g/mol. The average Bonchev–Trinajstić information content (AvgIpc) is 2.54. The highest BCUT2D eigenvalue weighted by atomic mass is 16.5. The number of rotatable bonds is 4. The molecule has 1 heterocycles. The first-order valence-corrected chi connectivity index (χ1v) is 6.93. The largest absolute Gasteiger partial charge is 0.497 e. The van der Waals surface area contributed by atoms with Crippen LogP contribution < -0.4 is 4.74 Å². The van der Waals surface area contributed by atoms with E-state index in [1.165, 1.54) is 0 Å². The van der Waals surface area contributed by atoms with Crippen molar-refractivity contribution >= 4 is 10.9 Å². The van der Waals surface area contributed by atoms with E-state index in [1.54, 1.807) is 7.11 Å². The molecule has 0 spiro atoms. The van der Waals surface area contributed by atoms with Gasteiger partial charge in [0, 0.05) is 11.8 Å². The molecule has 0 bridgehead atoms. The van der Waals surface area contributed by atoms with Gasteiger partial charge in [0.15, 0.2) is 0 Å². The Morgan fingerprint density at radius 1 is 1.05 bits per heavy atom. The predicted octanol–water partition coefficient (Wildman–Crippen LogP) is 3.52. The lowest BCUT2D eigenvalue weighted by molar-refractivity contribution is 0.174. The Morgan fingerprint density at radius 3 is 2.76 bits per heavy atom. The molecule has 106 valence electrons. The van der Waals surface area contributed by atoms with Gasteiger partial charge in [-0.1, -0.05) is 36.4 Å². The predicted molar refractivity (Wildman–Crippen MR) is 83.4 cm³/mol. The van der Waals surface area contributed by atoms with E-state index in [-0.39, 0.29) is 0 Å². The number of aliphatic hydroxyl groups excluding tert-OH is 1. The van der Waals surface area contributed by atoms with Gasteiger partial charge in [-0.3, -0.25) is 4.98 Å². The molecule has 0 aliphatic heterocycles. The van der Waals surface area contributed by atoms with E-state index in [0.717, 1.165) is 22.2 Å². The van der Waals surface area contributed by atoms with Crippen molar-refractivity contribution in [3.63, 3.8) is 0 Å². The second-order valence-corrected chi connectivity index (χ2v) is 5.00. The Bertz CT molecular complexity index is 755. The fourth-order valence-electron chi connectivity index (χ4n) is 2.39. The van der Waals surface area contributed by atoms with Crippen LogP contribution in [-0.4, -0.2) is 17.2 Å². The van der Waals surface area contributed by atoms with Gasteiger partial charge >= 0.3 is 0 Å². The quantitative estimate of drug-likeness (QED) is 0.794. The van der Waals surface area contributed by atoms with E-state index in [2.05, 4.69) is 4.98 Å². The van der Waals surface area contributed by atoms with E-state index in [0.29, 0.717) is 12.1 Å². The van der Waals surface area contributed by atoms with Crippen molar-refractivity contribution in [1.29, 1.82) is 0 Å². The number of pyridine rings is 1. The molecular weight excluding hydrogens is 262 g/mol. The lowest BCUT2D eigenvalue weighted by atomic mass is 10.0. The summed E-state index contributed by atoms with van der Waals surface area (Å²) in [6.07, 6.45) is -0.107. The molecule has 3 aromatic rings. The Morgan fingerprint density at radius 2 is 1.90 bits per heavy atom. The van der Waals surface area contributed by atoms with Gasteiger partial charge in [0.05, 0.1) is 24.4 Å². The molecule has 0 aliphatic carbocycles. The number of hydrogen-bond acceptors (Lipinski definition) is 3. The van der Waals surface area contributed by atoms with E-state index in [4.69, 9.17) is 4.74 Å². The van der Waals surface area contributed by atoms with Crippen LogP contribution in [0, 0.1) is 0 Å². The van der Waals surface area contributed by atoms with E-state index < -0.39 is 6.10 Å². The molecule has 1 N–H and O–H groups in total. The Balaban J connectivity index is 1.84. The highest BCUT2D eigenvalue weighted by Gasteiger charge is 2.11. The van der Waals surface area contributed by atoms with Gasteiger partial charge in [-0.2, -0.15) is 0 Å². The molecule has 2 aromatic carbocycles. The van der Waals surface area contributed by atoms with Gasteiger partial charge in [0.1, 0.15) is 5.75 Å². The lowest BCUT2D eigenvalue weighted by Gasteiger charge is -2.12. The van der Waals surface area contributed by atoms with Gasteiger partial charge in [0.25, 0.3) is 0 Å². The molecule has 0 saturated carbocycles. The van der Waals surface area contributed by atoms with Crippen LogP contribution in [0.1, 0.15) is 17.4 Å². The molecule has 0 radical (unpaired) electrons. The maximum Gasteiger partial charge on any atom is 0.119 e. The summed E-state index contributed by atoms with van der Waals surface area (Å²) in [5, 5.41) is 11.5. The van der Waals surface area contributed by atoms with Crippen molar-refractivity contribution in [3.05, 3.63) is 71.9 Å². The molecule has 0 amide bonds. The Labute approximate surface area is 123 Å². The summed E-state index contributed by atoms with van der Waals surface area (Å²) in [7, 11) is 1.64. The molecule has 3 heteroatoms. The summed E-state index contributed by atoms with van der Waals surface area (Å²) < 4.78 is 5.20. The molecular formula is C18H17NO2. The van der Waals surface area contributed by atoms with Crippen LogP contribution >= 0.6 is 0 Å². The summed E-state index contributed by atoms with van der Waals surface area (Å²) in [4.78, 5) is 4.53. The number of ether oxygens (including phenoxy) is 1. The molecule has 3 nitrogen and oxygen atoms in total. The molecule has 1 aromatic heterocycles. The summed E-state index contributed by atoms with van der Waals surface area (Å²) in [5.41, 5.74) is 2.62. The smallest absolute Gasteiger partial charge is 0.119 e. The minimum absolute atomic E-state index is 0.516. The van der Waals surface area contributed by atoms with E-state index in [9.17, 15) is 5.11 Å². The van der Waals surface area contributed by atoms with Gasteiger partial charge < -0.3 is 9.84 Å². The highest BCUT2D eigenvalue weighted by Crippen LogP contribution is 2.22. The standard InChI is InChI=1S/C18H17NO2/c1-21-15-7-4-5-13(11-15)12-18(20)17-10-9-14-6-2-3-8-16(14)19-17/h2-11,18,20H,12H2,1H3. The van der Waals surface area contributed by atoms with Gasteiger partial charge in [0.2, 0.25) is 0 Å². The van der Waals surface area contributed by atoms with E-state index >= 15 is 0 Å². The minimum Gasteiger partial charge on any atom is -0.497 e. The van der Waals surface area contributed by atoms with Crippen molar-refractivity contribution in [2.24, 2.45) is 0 Å². The van der Waals surface area contributed by atoms with Gasteiger partial charge in [-0.25, -0.2) is 0 Å². The number of methoxy groups -OCH3 is 1. The van der Waals surface area contributed by atoms with Crippen LogP contribution in [0.3, 0.4) is 0 Å². The first-order valence-electron chi connectivity index (χ1n) is 6.93. The summed E-state index contributed by atoms with van der Waals surface area (Å²) >= 11 is 0. The number of aliphatic hydroxyl groups is 1. The van der Waals surface area contributed by atoms with Crippen LogP contribution in [-0.2, 0) is 6.42 Å². The summed E-state index contributed by atoms with van der Waals surface area (Å²) in [5.74, 6) is 0.797. The van der Waals surface area contributed by atoms with Crippen molar-refractivity contribution in [2.75, 3.05) is 7.11 Å². The van der Waals surface area contributed by atoms with Crippen LogP contribution in [0.2, 0.25) is 0 Å². The van der Waals surface area contributed by atoms with Crippen LogP contribution in [0.25, 0.3) is 10.9 Å². The maximum absolute atomic E-state index is 10.4. The normalized spacial score (nSPS) is 12.3. The van der Waals surface area contributed by atoms with Gasteiger partial charge in [-0.15, -0.1) is 0 Å². The number of hydrogen-bond donors (Lipinski definition) is 1. The molecule has 0 fully saturated rings. The zero-order valence-electron chi connectivity index (χ0n) is 11.9. The van der Waals surface area contributed by atoms with Crippen LogP contribution in [0.15, 0.2) is 60.7 Å². The first kappa shape index (κ1) is 13.6. The molecule has 1 atom stereocenters. The SMILES string of the molecule is COc1cccc(CC(O)c2ccc3ccccc3n2)c1. The van der Waals surface area contributed by atoms with Crippen molar-refractivity contribution in [1.82, 2.24) is 4.98 Å². The third-order valence-corrected chi connectivity index (χ3v) is 3.52. The molecule has 3 rings (SSSR count). The van der Waals surface area contributed by atoms with Crippen molar-refractivity contribution in [3.8, 4) is 5.75 Å². The zero-order valence-corrected chi connectivity index (χ0v) is 11.9. The molecule has 1 unspecified atom stereocenters. The van der Waals surface area contributed by atoms with Gasteiger partial charge in [-0.05, 0) is 29.8 Å². The topological polar surface area (TPSA) is 42.4 Å². The van der Waals surface area contributed by atoms with E-state index in [1.807, 2.05) is 60.7 Å². The first-order chi connectivity index (χ1) is 10.3. The maximum atomic E-state index is 10.4. The Kier molecular flexibility index (Phi) is 3.84. The molecule has 21 heavy (non-hydrogen) atoms. The minimum atomic E-state index is -0.623. The number of benzene rings is 2. The fourth-order valence-corrected chi connectivity index (χ4v) is 2.39. The van der Waals surface area contributed by atoms with Crippen molar-refractivity contribution in [2.45, 2.75) is 12.5 Å². The molecule has 0 aliphatic rings. The number of fused-ring (bicyclic) bond motifs is 1. The fraction of sp³-hybridized carbons (Fsp3) is 0.167. The summed E-state index contributed by atoms with van der Waals surface area (Å²) in [6, 6.07) is 19.5. The number of aromatic nitrogens is 1. The van der Waals surface area contributed by atoms with Crippen molar-refractivity contribution < 1.29 is 9.84 Å². The van der Waals surface area contributed by atoms with Crippen LogP contribution in [0.5, 0.6) is 5.75 Å². The second-order valence-electron chi connectivity index (χ2n) is 5.00. The number of para-hydroxylation sites is 1. The highest BCUT2D eigenvalue weighted by molar-refractivity contribution is 5.78. The third-order valence-electron chi connectivity index (χ3n) is 3.52. The summed E-state index contributed by atoms with van der Waals surface area (Å²) in [6.45, 7) is 0. The number of nitrogens with zero attached hydrogens (tertiary/aromatic N) is 1.